The number of nitrogens with zero attached hydrogens (tertiary/aromatic N) is 5. The van der Waals surface area contributed by atoms with Crippen molar-refractivity contribution in [1.29, 1.82) is 0 Å². The molecule has 5 rings (SSSR count). The largest absolute Gasteiger partial charge is 0.342 e. The first kappa shape index (κ1) is 20.5. The van der Waals surface area contributed by atoms with Gasteiger partial charge in [0.2, 0.25) is 11.8 Å². The van der Waals surface area contributed by atoms with Crippen LogP contribution in [0.3, 0.4) is 0 Å². The Balaban J connectivity index is 1.29. The van der Waals surface area contributed by atoms with Crippen LogP contribution in [0, 0.1) is 5.92 Å². The van der Waals surface area contributed by atoms with E-state index in [1.165, 1.54) is 12.8 Å². The number of para-hydroxylation sites is 1. The second-order valence-corrected chi connectivity index (χ2v) is 9.32. The lowest BCUT2D eigenvalue weighted by atomic mass is 9.95. The van der Waals surface area contributed by atoms with E-state index in [4.69, 9.17) is 11.6 Å². The number of anilines is 1. The Morgan fingerprint density at radius 1 is 1.03 bits per heavy atom. The van der Waals surface area contributed by atoms with Crippen molar-refractivity contribution in [3.8, 4) is 0 Å². The Morgan fingerprint density at radius 2 is 1.90 bits per heavy atom. The summed E-state index contributed by atoms with van der Waals surface area (Å²) in [6.45, 7) is 2.77. The molecule has 2 unspecified atom stereocenters. The Kier molecular flexibility index (Phi) is 5.69. The molecule has 8 heteroatoms. The predicted octanol–water partition coefficient (Wildman–Crippen LogP) is 3.42. The molecule has 0 bridgehead atoms. The van der Waals surface area contributed by atoms with Gasteiger partial charge in [0.25, 0.3) is 0 Å². The van der Waals surface area contributed by atoms with E-state index in [0.29, 0.717) is 23.8 Å². The Hall–Kier alpha value is -2.41. The number of likely N-dealkylation sites (tertiary alicyclic amines) is 1. The fourth-order valence-electron chi connectivity index (χ4n) is 5.23. The molecular weight excluding hydrogens is 414 g/mol. The molecule has 2 saturated heterocycles. The van der Waals surface area contributed by atoms with E-state index in [2.05, 4.69) is 14.8 Å². The lowest BCUT2D eigenvalue weighted by Crippen LogP contribution is -2.43. The van der Waals surface area contributed by atoms with E-state index >= 15 is 0 Å². The van der Waals surface area contributed by atoms with E-state index in [-0.39, 0.29) is 30.1 Å². The first-order valence-corrected chi connectivity index (χ1v) is 11.8. The average Bonchev–Trinajstić information content (AvgIpc) is 3.29. The van der Waals surface area contributed by atoms with Crippen LogP contribution in [-0.4, -0.2) is 51.1 Å². The maximum absolute atomic E-state index is 13.3. The number of aromatic nitrogens is 3. The van der Waals surface area contributed by atoms with Gasteiger partial charge in [0, 0.05) is 44.9 Å². The van der Waals surface area contributed by atoms with Gasteiger partial charge in [-0.15, -0.1) is 10.2 Å². The SMILES string of the molecule is O=C(C1CC(=O)N(c2ccccc2Cl)C1)N1CCCC(c2nnc3n2CCCCC3)C1. The third-order valence-electron chi connectivity index (χ3n) is 6.85. The van der Waals surface area contributed by atoms with Gasteiger partial charge in [-0.1, -0.05) is 30.2 Å². The monoisotopic (exact) mass is 441 g/mol. The Bertz CT molecular complexity index is 990. The smallest absolute Gasteiger partial charge is 0.228 e. The highest BCUT2D eigenvalue weighted by Gasteiger charge is 2.39. The van der Waals surface area contributed by atoms with Crippen molar-refractivity contribution in [1.82, 2.24) is 19.7 Å². The fourth-order valence-corrected chi connectivity index (χ4v) is 5.47. The molecule has 2 atom stereocenters. The Labute approximate surface area is 187 Å². The number of amides is 2. The second-order valence-electron chi connectivity index (χ2n) is 8.92. The zero-order valence-electron chi connectivity index (χ0n) is 17.7. The molecule has 0 N–H and O–H groups in total. The predicted molar refractivity (Wildman–Crippen MR) is 118 cm³/mol. The zero-order chi connectivity index (χ0) is 21.4. The molecule has 7 nitrogen and oxygen atoms in total. The number of piperidine rings is 1. The molecule has 4 heterocycles. The molecule has 0 spiro atoms. The van der Waals surface area contributed by atoms with Crippen molar-refractivity contribution in [3.63, 3.8) is 0 Å². The lowest BCUT2D eigenvalue weighted by molar-refractivity contribution is -0.137. The molecule has 3 aliphatic heterocycles. The lowest BCUT2D eigenvalue weighted by Gasteiger charge is -2.34. The van der Waals surface area contributed by atoms with Crippen LogP contribution in [0.2, 0.25) is 5.02 Å². The molecule has 3 aliphatic rings. The van der Waals surface area contributed by atoms with E-state index in [1.54, 1.807) is 11.0 Å². The summed E-state index contributed by atoms with van der Waals surface area (Å²) in [5.41, 5.74) is 0.687. The fraction of sp³-hybridized carbons (Fsp3) is 0.565. The van der Waals surface area contributed by atoms with E-state index in [1.807, 2.05) is 23.1 Å². The van der Waals surface area contributed by atoms with Gasteiger partial charge in [0.05, 0.1) is 16.6 Å². The maximum Gasteiger partial charge on any atom is 0.228 e. The van der Waals surface area contributed by atoms with Crippen LogP contribution < -0.4 is 4.90 Å². The third kappa shape index (κ3) is 3.95. The number of halogens is 1. The van der Waals surface area contributed by atoms with Crippen molar-refractivity contribution in [3.05, 3.63) is 40.9 Å². The van der Waals surface area contributed by atoms with Gasteiger partial charge in [-0.05, 0) is 37.8 Å². The normalized spacial score (nSPS) is 24.2. The summed E-state index contributed by atoms with van der Waals surface area (Å²) in [7, 11) is 0. The van der Waals surface area contributed by atoms with Crippen LogP contribution >= 0.6 is 11.6 Å². The number of hydrogen-bond acceptors (Lipinski definition) is 4. The van der Waals surface area contributed by atoms with Crippen molar-refractivity contribution < 1.29 is 9.59 Å². The summed E-state index contributed by atoms with van der Waals surface area (Å²) < 4.78 is 2.30. The molecular formula is C23H28ClN5O2. The average molecular weight is 442 g/mol. The summed E-state index contributed by atoms with van der Waals surface area (Å²) in [5.74, 6) is 2.06. The number of carbonyl (C=O) groups is 2. The third-order valence-corrected chi connectivity index (χ3v) is 7.17. The minimum Gasteiger partial charge on any atom is -0.342 e. The van der Waals surface area contributed by atoms with Crippen LogP contribution in [0.5, 0.6) is 0 Å². The number of hydrogen-bond donors (Lipinski definition) is 0. The molecule has 1 aromatic heterocycles. The quantitative estimate of drug-likeness (QED) is 0.731. The number of carbonyl (C=O) groups excluding carboxylic acids is 2. The summed E-state index contributed by atoms with van der Waals surface area (Å²) in [6.07, 6.45) is 6.77. The molecule has 31 heavy (non-hydrogen) atoms. The van der Waals surface area contributed by atoms with Crippen LogP contribution in [-0.2, 0) is 22.6 Å². The number of rotatable bonds is 3. The summed E-state index contributed by atoms with van der Waals surface area (Å²) in [6, 6.07) is 7.31. The minimum absolute atomic E-state index is 0.0391. The number of benzene rings is 1. The van der Waals surface area contributed by atoms with Gasteiger partial charge in [0.15, 0.2) is 0 Å². The van der Waals surface area contributed by atoms with Gasteiger partial charge >= 0.3 is 0 Å². The van der Waals surface area contributed by atoms with Crippen LogP contribution in [0.25, 0.3) is 0 Å². The molecule has 164 valence electrons. The van der Waals surface area contributed by atoms with E-state index in [0.717, 1.165) is 50.4 Å². The van der Waals surface area contributed by atoms with Crippen LogP contribution in [0.1, 0.15) is 56.1 Å². The Morgan fingerprint density at radius 3 is 2.77 bits per heavy atom. The molecule has 0 saturated carbocycles. The van der Waals surface area contributed by atoms with Crippen molar-refractivity contribution in [2.24, 2.45) is 5.92 Å². The summed E-state index contributed by atoms with van der Waals surface area (Å²) in [5, 5.41) is 9.51. The molecule has 2 amide bonds. The molecule has 2 aromatic rings. The van der Waals surface area contributed by atoms with Gasteiger partial charge in [0.1, 0.15) is 11.6 Å². The van der Waals surface area contributed by atoms with Gasteiger partial charge in [-0.3, -0.25) is 9.59 Å². The van der Waals surface area contributed by atoms with Crippen molar-refractivity contribution >= 4 is 29.1 Å². The standard InChI is InChI=1S/C23H28ClN5O2/c24-18-8-3-4-9-19(18)29-15-17(13-21(29)30)23(31)27-11-6-7-16(14-27)22-26-25-20-10-2-1-5-12-28(20)22/h3-4,8-9,16-17H,1-2,5-7,10-15H2. The van der Waals surface area contributed by atoms with Crippen molar-refractivity contribution in [2.45, 2.75) is 57.4 Å². The molecule has 2 fully saturated rings. The topological polar surface area (TPSA) is 71.3 Å². The number of fused-ring (bicyclic) bond motifs is 1. The maximum atomic E-state index is 13.3. The van der Waals surface area contributed by atoms with Crippen molar-refractivity contribution in [2.75, 3.05) is 24.5 Å². The molecule has 0 aliphatic carbocycles. The second kappa shape index (κ2) is 8.61. The van der Waals surface area contributed by atoms with Crippen LogP contribution in [0.4, 0.5) is 5.69 Å². The molecule has 1 aromatic carbocycles. The first-order chi connectivity index (χ1) is 15.1. The highest BCUT2D eigenvalue weighted by molar-refractivity contribution is 6.33. The minimum atomic E-state index is -0.321. The van der Waals surface area contributed by atoms with Crippen LogP contribution in [0.15, 0.2) is 24.3 Å². The highest BCUT2D eigenvalue weighted by Crippen LogP contribution is 2.33. The zero-order valence-corrected chi connectivity index (χ0v) is 18.4. The van der Waals surface area contributed by atoms with Gasteiger partial charge in [-0.2, -0.15) is 0 Å². The molecule has 0 radical (unpaired) electrons. The van der Waals surface area contributed by atoms with Gasteiger partial charge < -0.3 is 14.4 Å². The summed E-state index contributed by atoms with van der Waals surface area (Å²) in [4.78, 5) is 29.6. The van der Waals surface area contributed by atoms with Gasteiger partial charge in [-0.25, -0.2) is 0 Å². The van der Waals surface area contributed by atoms with E-state index in [9.17, 15) is 9.59 Å². The van der Waals surface area contributed by atoms with E-state index < -0.39 is 0 Å². The summed E-state index contributed by atoms with van der Waals surface area (Å²) >= 11 is 6.29. The first-order valence-electron chi connectivity index (χ1n) is 11.4. The number of aryl methyl sites for hydroxylation is 1. The highest BCUT2D eigenvalue weighted by atomic mass is 35.5.